The average molecular weight is 330 g/mol. The number of aryl methyl sites for hydroxylation is 1. The Morgan fingerprint density at radius 3 is 2.22 bits per heavy atom. The number of hydrogen-bond acceptors (Lipinski definition) is 4. The lowest BCUT2D eigenvalue weighted by atomic mass is 10.2. The maximum Gasteiger partial charge on any atom is 0.332 e. The summed E-state index contributed by atoms with van der Waals surface area (Å²) < 4.78 is 30.7. The van der Waals surface area contributed by atoms with E-state index in [9.17, 15) is 13.2 Å². The van der Waals surface area contributed by atoms with Gasteiger partial charge in [0, 0.05) is 6.08 Å². The van der Waals surface area contributed by atoms with E-state index in [-0.39, 0.29) is 16.4 Å². The van der Waals surface area contributed by atoms with Gasteiger partial charge in [0.25, 0.3) is 0 Å². The summed E-state index contributed by atoms with van der Waals surface area (Å²) in [5, 5.41) is 0. The van der Waals surface area contributed by atoms with E-state index in [1.54, 1.807) is 49.4 Å². The SMILES string of the molecule is CCOC(=O)/C=C(/c1ccccc1)S(=O)(=O)c1ccc(C)cc1. The lowest BCUT2D eigenvalue weighted by Crippen LogP contribution is -2.08. The van der Waals surface area contributed by atoms with Gasteiger partial charge < -0.3 is 4.74 Å². The molecule has 2 rings (SSSR count). The highest BCUT2D eigenvalue weighted by Crippen LogP contribution is 2.28. The van der Waals surface area contributed by atoms with E-state index < -0.39 is 15.8 Å². The summed E-state index contributed by atoms with van der Waals surface area (Å²) in [4.78, 5) is 11.9. The van der Waals surface area contributed by atoms with Crippen LogP contribution in [0.3, 0.4) is 0 Å². The van der Waals surface area contributed by atoms with E-state index in [0.717, 1.165) is 11.6 Å². The van der Waals surface area contributed by atoms with Gasteiger partial charge in [-0.25, -0.2) is 13.2 Å². The molecule has 5 heteroatoms. The molecule has 0 heterocycles. The third-order valence-electron chi connectivity index (χ3n) is 3.21. The smallest absolute Gasteiger partial charge is 0.332 e. The van der Waals surface area contributed by atoms with Crippen LogP contribution in [0.5, 0.6) is 0 Å². The number of benzene rings is 2. The second-order valence-corrected chi connectivity index (χ2v) is 6.86. The molecule has 0 N–H and O–H groups in total. The lowest BCUT2D eigenvalue weighted by molar-refractivity contribution is -0.137. The highest BCUT2D eigenvalue weighted by Gasteiger charge is 2.23. The Morgan fingerprint density at radius 2 is 1.65 bits per heavy atom. The molecule has 0 aliphatic carbocycles. The van der Waals surface area contributed by atoms with E-state index in [0.29, 0.717) is 5.56 Å². The van der Waals surface area contributed by atoms with E-state index in [4.69, 9.17) is 4.74 Å². The van der Waals surface area contributed by atoms with Crippen molar-refractivity contribution in [2.75, 3.05) is 6.61 Å². The molecule has 2 aromatic carbocycles. The number of esters is 1. The molecule has 0 atom stereocenters. The molecule has 0 spiro atoms. The van der Waals surface area contributed by atoms with Gasteiger partial charge in [0.05, 0.1) is 16.4 Å². The molecule has 120 valence electrons. The molecule has 0 amide bonds. The number of carbonyl (C=O) groups is 1. The molecular weight excluding hydrogens is 312 g/mol. The molecule has 0 fully saturated rings. The van der Waals surface area contributed by atoms with Gasteiger partial charge in [-0.15, -0.1) is 0 Å². The third-order valence-corrected chi connectivity index (χ3v) is 5.04. The van der Waals surface area contributed by atoms with Crippen LogP contribution in [-0.2, 0) is 19.4 Å². The van der Waals surface area contributed by atoms with Crippen LogP contribution in [-0.4, -0.2) is 21.0 Å². The van der Waals surface area contributed by atoms with Gasteiger partial charge in [-0.2, -0.15) is 0 Å². The van der Waals surface area contributed by atoms with Gasteiger partial charge in [-0.1, -0.05) is 48.0 Å². The van der Waals surface area contributed by atoms with Crippen molar-refractivity contribution < 1.29 is 17.9 Å². The second kappa shape index (κ2) is 7.24. The van der Waals surface area contributed by atoms with Crippen molar-refractivity contribution in [2.45, 2.75) is 18.7 Å². The molecule has 4 nitrogen and oxygen atoms in total. The van der Waals surface area contributed by atoms with Crippen LogP contribution in [0, 0.1) is 6.92 Å². The first-order valence-corrected chi connectivity index (χ1v) is 8.69. The largest absolute Gasteiger partial charge is 0.463 e. The Labute approximate surface area is 136 Å². The molecule has 0 saturated carbocycles. The minimum absolute atomic E-state index is 0.0691. The van der Waals surface area contributed by atoms with Crippen molar-refractivity contribution in [1.82, 2.24) is 0 Å². The maximum absolute atomic E-state index is 12.9. The number of carbonyl (C=O) groups excluding carboxylic acids is 1. The van der Waals surface area contributed by atoms with Crippen LogP contribution in [0.4, 0.5) is 0 Å². The lowest BCUT2D eigenvalue weighted by Gasteiger charge is -2.10. The second-order valence-electron chi connectivity index (χ2n) is 4.94. The van der Waals surface area contributed by atoms with E-state index in [1.807, 2.05) is 6.92 Å². The topological polar surface area (TPSA) is 60.4 Å². The Hall–Kier alpha value is -2.40. The van der Waals surface area contributed by atoms with Crippen LogP contribution in [0.15, 0.2) is 65.6 Å². The van der Waals surface area contributed by atoms with E-state index in [2.05, 4.69) is 0 Å². The standard InChI is InChI=1S/C18H18O4S/c1-3-22-18(19)13-17(15-7-5-4-6-8-15)23(20,21)16-11-9-14(2)10-12-16/h4-13H,3H2,1-2H3/b17-13-. The van der Waals surface area contributed by atoms with Gasteiger partial charge in [0.15, 0.2) is 0 Å². The first-order chi connectivity index (χ1) is 10.9. The minimum Gasteiger partial charge on any atom is -0.463 e. The fraction of sp³-hybridized carbons (Fsp3) is 0.167. The fourth-order valence-corrected chi connectivity index (χ4v) is 3.50. The highest BCUT2D eigenvalue weighted by molar-refractivity contribution is 8.00. The number of hydrogen-bond donors (Lipinski definition) is 0. The van der Waals surface area contributed by atoms with Crippen molar-refractivity contribution >= 4 is 20.7 Å². The fourth-order valence-electron chi connectivity index (χ4n) is 2.05. The molecule has 23 heavy (non-hydrogen) atoms. The summed E-state index contributed by atoms with van der Waals surface area (Å²) >= 11 is 0. The van der Waals surface area contributed by atoms with Gasteiger partial charge in [-0.05, 0) is 31.5 Å². The summed E-state index contributed by atoms with van der Waals surface area (Å²) in [5.41, 5.74) is 1.40. The van der Waals surface area contributed by atoms with Gasteiger partial charge in [0.2, 0.25) is 9.84 Å². The summed E-state index contributed by atoms with van der Waals surface area (Å²) in [5.74, 6) is -0.679. The predicted molar refractivity (Wildman–Crippen MR) is 89.4 cm³/mol. The molecular formula is C18H18O4S. The highest BCUT2D eigenvalue weighted by atomic mass is 32.2. The van der Waals surface area contributed by atoms with E-state index >= 15 is 0 Å². The van der Waals surface area contributed by atoms with Crippen molar-refractivity contribution in [2.24, 2.45) is 0 Å². The normalized spacial score (nSPS) is 12.0. The average Bonchev–Trinajstić information content (AvgIpc) is 2.54. The first-order valence-electron chi connectivity index (χ1n) is 7.21. The molecule has 2 aromatic rings. The molecule has 0 aliphatic heterocycles. The Morgan fingerprint density at radius 1 is 1.04 bits per heavy atom. The van der Waals surface area contributed by atoms with Gasteiger partial charge in [0.1, 0.15) is 0 Å². The monoisotopic (exact) mass is 330 g/mol. The molecule has 0 aromatic heterocycles. The zero-order valence-electron chi connectivity index (χ0n) is 13.0. The molecule has 0 unspecified atom stereocenters. The summed E-state index contributed by atoms with van der Waals surface area (Å²) in [7, 11) is -3.82. The third kappa shape index (κ3) is 4.07. The zero-order valence-corrected chi connectivity index (χ0v) is 13.8. The Kier molecular flexibility index (Phi) is 5.34. The Bertz CT molecular complexity index is 804. The van der Waals surface area contributed by atoms with Crippen LogP contribution < -0.4 is 0 Å². The summed E-state index contributed by atoms with van der Waals surface area (Å²) in [6.45, 7) is 3.73. The first kappa shape index (κ1) is 17.0. The van der Waals surface area contributed by atoms with Gasteiger partial charge in [-0.3, -0.25) is 0 Å². The number of ether oxygens (including phenoxy) is 1. The van der Waals surface area contributed by atoms with Crippen LogP contribution in [0.25, 0.3) is 4.91 Å². The molecule has 0 bridgehead atoms. The van der Waals surface area contributed by atoms with Crippen molar-refractivity contribution in [3.05, 3.63) is 71.8 Å². The number of rotatable bonds is 5. The minimum atomic E-state index is -3.82. The Balaban J connectivity index is 2.57. The zero-order chi connectivity index (χ0) is 16.9. The van der Waals surface area contributed by atoms with Gasteiger partial charge >= 0.3 is 5.97 Å². The van der Waals surface area contributed by atoms with Crippen LogP contribution in [0.1, 0.15) is 18.1 Å². The quantitative estimate of drug-likeness (QED) is 0.623. The van der Waals surface area contributed by atoms with Crippen molar-refractivity contribution in [3.63, 3.8) is 0 Å². The van der Waals surface area contributed by atoms with Crippen LogP contribution >= 0.6 is 0 Å². The molecule has 0 radical (unpaired) electrons. The number of sulfone groups is 1. The van der Waals surface area contributed by atoms with Crippen molar-refractivity contribution in [1.29, 1.82) is 0 Å². The molecule has 0 saturated heterocycles. The van der Waals surface area contributed by atoms with Crippen molar-refractivity contribution in [3.8, 4) is 0 Å². The summed E-state index contributed by atoms with van der Waals surface area (Å²) in [6, 6.07) is 15.0. The maximum atomic E-state index is 12.9. The van der Waals surface area contributed by atoms with E-state index in [1.165, 1.54) is 12.1 Å². The molecule has 0 aliphatic rings. The van der Waals surface area contributed by atoms with Crippen LogP contribution in [0.2, 0.25) is 0 Å². The predicted octanol–water partition coefficient (Wildman–Crippen LogP) is 3.37. The summed E-state index contributed by atoms with van der Waals surface area (Å²) in [6.07, 6.45) is 1.04.